The predicted molar refractivity (Wildman–Crippen MR) is 511 cm³/mol. The monoisotopic (exact) mass is 2170 g/mol. The van der Waals surface area contributed by atoms with Crippen LogP contribution in [0.15, 0.2) is 36.5 Å². The quantitative estimate of drug-likeness (QED) is 0.0199. The van der Waals surface area contributed by atoms with Gasteiger partial charge in [0.1, 0.15) is 165 Å². The van der Waals surface area contributed by atoms with Gasteiger partial charge < -0.3 is 299 Å². The van der Waals surface area contributed by atoms with Gasteiger partial charge in [-0.1, -0.05) is 36.5 Å². The molecule has 10 fully saturated rings. The summed E-state index contributed by atoms with van der Waals surface area (Å²) in [7, 11) is 0. The fourth-order valence-electron chi connectivity index (χ4n) is 19.9. The number of carbonyl (C=O) groups excluding carboxylic acids is 3. The summed E-state index contributed by atoms with van der Waals surface area (Å²) in [6.45, 7) is -0.597. The van der Waals surface area contributed by atoms with E-state index in [9.17, 15) is 106 Å². The van der Waals surface area contributed by atoms with Gasteiger partial charge in [0.15, 0.2) is 73.8 Å². The van der Waals surface area contributed by atoms with Gasteiger partial charge in [0.2, 0.25) is 0 Å². The molecule has 150 heavy (non-hydrogen) atoms. The molecule has 7 saturated heterocycles. The van der Waals surface area contributed by atoms with Crippen molar-refractivity contribution in [2.45, 2.75) is 363 Å². The Kier molecular flexibility index (Phi) is 49.7. The minimum absolute atomic E-state index is 0.0144. The van der Waals surface area contributed by atoms with Crippen molar-refractivity contribution in [3.8, 4) is 0 Å². The first-order valence-electron chi connectivity index (χ1n) is 50.7. The molecule has 0 spiro atoms. The Labute approximate surface area is 863 Å². The van der Waals surface area contributed by atoms with E-state index in [2.05, 4.69) is 26.6 Å². The van der Waals surface area contributed by atoms with E-state index >= 15 is 0 Å². The summed E-state index contributed by atoms with van der Waals surface area (Å²) >= 11 is 0. The van der Waals surface area contributed by atoms with E-state index in [4.69, 9.17) is 181 Å². The third-order valence-corrected chi connectivity index (χ3v) is 28.8. The average molecular weight is 2170 g/mol. The molecule has 61 nitrogen and oxygen atoms in total. The Balaban J connectivity index is 0.000000213. The first-order chi connectivity index (χ1) is 71.5. The molecule has 54 N–H and O–H groups in total. The number of ketones is 2. The highest BCUT2D eigenvalue weighted by Gasteiger charge is 2.61. The molecule has 0 bridgehead atoms. The summed E-state index contributed by atoms with van der Waals surface area (Å²) in [5, 5.41) is 234. The molecule has 61 heteroatoms. The van der Waals surface area contributed by atoms with Crippen molar-refractivity contribution in [2.24, 2.45) is 92.1 Å². The fourth-order valence-corrected chi connectivity index (χ4v) is 19.9. The van der Waals surface area contributed by atoms with Gasteiger partial charge in [-0.05, 0) is 57.0 Å². The largest absolute Gasteiger partial charge is 0.395 e. The lowest BCUT2D eigenvalue weighted by atomic mass is 9.76. The third-order valence-electron chi connectivity index (χ3n) is 28.8. The smallest absolute Gasteiger partial charge is 0.254 e. The summed E-state index contributed by atoms with van der Waals surface area (Å²) in [6.07, 6.45) is -42.7. The van der Waals surface area contributed by atoms with Crippen LogP contribution in [-0.2, 0) is 99.6 Å². The molecule has 0 unspecified atom stereocenters. The Morgan fingerprint density at radius 1 is 0.340 bits per heavy atom. The van der Waals surface area contributed by atoms with Gasteiger partial charge >= 0.3 is 0 Å². The number of nitrogens with two attached hydrogens (primary N) is 14. The molecular formula is C89H165N19O42. The van der Waals surface area contributed by atoms with Crippen molar-refractivity contribution < 1.29 is 207 Å². The van der Waals surface area contributed by atoms with Crippen molar-refractivity contribution >= 4 is 17.5 Å². The normalized spacial score (nSPS) is 44.9. The highest BCUT2D eigenvalue weighted by atomic mass is 16.8. The second kappa shape index (κ2) is 59.2. The first kappa shape index (κ1) is 126. The van der Waals surface area contributed by atoms with Gasteiger partial charge in [0.05, 0.1) is 112 Å². The Morgan fingerprint density at radius 2 is 0.620 bits per heavy atom. The average Bonchev–Trinajstić information content (AvgIpc) is 1.48. The lowest BCUT2D eigenvalue weighted by Crippen LogP contribution is -2.71. The van der Waals surface area contributed by atoms with E-state index in [0.29, 0.717) is 39.3 Å². The number of β-amino-alcohol motifs (C(OH)–C–C–N with tert-alkyl or cyclic N) is 1. The zero-order valence-corrected chi connectivity index (χ0v) is 83.0. The molecule has 868 valence electrons. The number of hydrogen-bond acceptors (Lipinski definition) is 60. The zero-order valence-electron chi connectivity index (χ0n) is 83.0. The Hall–Kier alpha value is -4.25. The minimum atomic E-state index is -1.68. The van der Waals surface area contributed by atoms with E-state index in [1.807, 2.05) is 0 Å². The van der Waals surface area contributed by atoms with Crippen LogP contribution in [0.5, 0.6) is 0 Å². The second-order valence-electron chi connectivity index (χ2n) is 39.8. The number of aliphatic hydroxyl groups is 21. The van der Waals surface area contributed by atoms with Gasteiger partial charge in [-0.15, -0.1) is 0 Å². The van der Waals surface area contributed by atoms with Crippen LogP contribution in [0, 0.1) is 11.8 Å². The zero-order chi connectivity index (χ0) is 110. The van der Waals surface area contributed by atoms with E-state index in [1.54, 1.807) is 36.5 Å². The Morgan fingerprint density at radius 3 is 0.893 bits per heavy atom. The van der Waals surface area contributed by atoms with Gasteiger partial charge in [0, 0.05) is 103 Å². The molecule has 10 heterocycles. The first-order valence-corrected chi connectivity index (χ1v) is 50.7. The predicted octanol–water partition coefficient (Wildman–Crippen LogP) is -23.9. The lowest BCUT2D eigenvalue weighted by Gasteiger charge is -2.47. The number of amides is 1. The van der Waals surface area contributed by atoms with Crippen molar-refractivity contribution in [1.29, 1.82) is 0 Å². The topological polar surface area (TPSA) is 1070 Å². The van der Waals surface area contributed by atoms with E-state index in [-0.39, 0.29) is 111 Å². The molecule has 0 aromatic rings. The summed E-state index contributed by atoms with van der Waals surface area (Å²) in [4.78, 5) is 38.5. The number of nitrogens with one attached hydrogen (secondary N) is 5. The number of ether oxygens (including phenoxy) is 18. The maximum absolute atomic E-state index is 12.9. The fraction of sp³-hybridized carbons (Fsp3) is 0.899. The van der Waals surface area contributed by atoms with Gasteiger partial charge in [0.25, 0.3) is 5.91 Å². The Bertz CT molecular complexity index is 3930. The number of hydrogen-bond donors (Lipinski definition) is 40. The van der Waals surface area contributed by atoms with E-state index in [1.165, 1.54) is 0 Å². The number of carbonyl (C=O) groups is 3. The molecule has 1 amide bonds. The van der Waals surface area contributed by atoms with Crippen LogP contribution in [0.1, 0.15) is 44.9 Å². The van der Waals surface area contributed by atoms with Crippen molar-refractivity contribution in [2.75, 3.05) is 125 Å². The maximum atomic E-state index is 12.9. The molecule has 10 aliphatic heterocycles. The van der Waals surface area contributed by atoms with E-state index in [0.717, 1.165) is 0 Å². The molecule has 0 aromatic heterocycles. The SMILES string of the molecule is NCC[C@@H](O)C(=O)C[C@@H]1C[C@H](N)[C@@H](O[C@H]2O[C@H](CNCCO)C=C[C@H]2N)[C@H](O[C@@H]2O[C@H](CO)[C@@H](O[C@H]3O[C@@H](CN)[C@@H](O)[C@H](O)[C@H]3N)[C@H]2O)[C@H]1O.NCC[C@H](O)C(=O)C[C@@H]1C[C@H](N)[C@@H](O[C@H]2O[C@H](CNCCO)C=C[C@H]2N)[C@H](O[C@@H]2O[C@H](CO)[C@@H](O[C@H]3O[C@@H](CN)[C@@H](O)[C@H](O)[C@H]3N)[C@H]2O)[C@H]1O.NC[C@@H]1O[C@H](O[C@H]2[C@@H](O)[C@H](O[C@@H]3[C@@H](O)[C@H](NC(=O)C4(O)CNC4)C[C@H](N)[C@H]3O[C@H]3O[C@H](CNCCO)C=C[C@H]3N)O[C@@H]2CO)[C@H](N)[C@@H](O)[C@@H]1O. The maximum Gasteiger partial charge on any atom is 0.254 e. The number of aliphatic hydroxyl groups excluding tert-OH is 20. The molecule has 3 saturated carbocycles. The van der Waals surface area contributed by atoms with Gasteiger partial charge in [-0.25, -0.2) is 0 Å². The van der Waals surface area contributed by atoms with Gasteiger partial charge in [-0.2, -0.15) is 0 Å². The summed E-state index contributed by atoms with van der Waals surface area (Å²) in [5.74, 6) is -3.48. The standard InChI is InChI=1S/2C30H56N6O14.C29H53N7O14/c2*31-4-3-16(39)17(40)8-12-7-15(34)25(48-28-14(33)2-1-13(45-28)10-36-5-6-37)27(21(12)41)50-30-24(44)26(19(11-38)47-30)49-29-20(35)23(43)22(42)18(9-32)46-29;30-6-15-19(40)20(41)17(33)26(46-15)49-23-16(8-38)47-27(21(23)42)50-24-18(39)14(36-28(43)29(44)9-35-10-29)5-13(32)22(24)48-25-12(31)2-1-11(45-25)7-34-3-4-37/h2*1-2,12-16,18-30,36-39,41-44H,3-11,31-35H2;1-2,11-27,34-35,37-42,44H,3-10,30-33H2,(H,36,43)/t12-,13-,14+,15-,16+,18-,19+,20+,21-,22+,23+,24+,25+,26+,27+,28+,29+,30-;12-,13-,14+,15-,16-,18-,19+,20+,21-,22+,23+,24+,25+,26+,27+,28+,29+,30-;11-,12+,13-,14+,15-,16+,17+,18-,19+,20+,21+,22+,23+,24+,25+,26+,27-/m000/s1. The molecule has 0 radical (unpaired) electrons. The third kappa shape index (κ3) is 31.3. The van der Waals surface area contributed by atoms with Crippen LogP contribution in [0.3, 0.4) is 0 Å². The lowest BCUT2D eigenvalue weighted by molar-refractivity contribution is -0.286. The molecular weight excluding hydrogens is 2010 g/mol. The summed E-state index contributed by atoms with van der Waals surface area (Å²) in [5.41, 5.74) is 83.0. The van der Waals surface area contributed by atoms with E-state index < -0.39 is 367 Å². The van der Waals surface area contributed by atoms with Crippen LogP contribution in [0.25, 0.3) is 0 Å². The summed E-state index contributed by atoms with van der Waals surface area (Å²) in [6, 6.07) is -9.80. The second-order valence-corrected chi connectivity index (χ2v) is 39.8. The minimum Gasteiger partial charge on any atom is -0.395 e. The van der Waals surface area contributed by atoms with Crippen LogP contribution < -0.4 is 107 Å². The van der Waals surface area contributed by atoms with Crippen molar-refractivity contribution in [3.05, 3.63) is 36.5 Å². The summed E-state index contributed by atoms with van der Waals surface area (Å²) < 4.78 is 107. The van der Waals surface area contributed by atoms with Crippen LogP contribution in [0.4, 0.5) is 0 Å². The molecule has 13 aliphatic rings. The number of rotatable bonds is 48. The molecule has 13 rings (SSSR count). The van der Waals surface area contributed by atoms with Gasteiger partial charge in [-0.3, -0.25) is 14.4 Å². The highest BCUT2D eigenvalue weighted by Crippen LogP contribution is 2.43. The molecule has 53 atom stereocenters. The highest BCUT2D eigenvalue weighted by molar-refractivity contribution is 5.87. The molecule has 0 aromatic carbocycles. The molecule has 3 aliphatic carbocycles. The van der Waals surface area contributed by atoms with Crippen molar-refractivity contribution in [3.63, 3.8) is 0 Å². The van der Waals surface area contributed by atoms with Crippen LogP contribution >= 0.6 is 0 Å². The van der Waals surface area contributed by atoms with Crippen molar-refractivity contribution in [1.82, 2.24) is 26.6 Å². The van der Waals surface area contributed by atoms with Crippen LogP contribution in [0.2, 0.25) is 0 Å². The number of Topliss-reactive ketones (excluding diaryl/α,β-unsaturated/α-hetero) is 2. The van der Waals surface area contributed by atoms with Crippen LogP contribution in [-0.4, -0.2) is 567 Å².